The minimum absolute atomic E-state index is 0.0626. The third-order valence-electron chi connectivity index (χ3n) is 5.38. The molecule has 0 aliphatic heterocycles. The molecule has 0 saturated heterocycles. The predicted molar refractivity (Wildman–Crippen MR) is 133 cm³/mol. The van der Waals surface area contributed by atoms with Crippen LogP contribution in [-0.4, -0.2) is 23.0 Å². The zero-order valence-electron chi connectivity index (χ0n) is 18.7. The Balaban J connectivity index is 1.54. The summed E-state index contributed by atoms with van der Waals surface area (Å²) in [5.74, 6) is 1.20. The van der Waals surface area contributed by atoms with E-state index in [-0.39, 0.29) is 5.91 Å². The average molecular weight is 438 g/mol. The van der Waals surface area contributed by atoms with Crippen LogP contribution in [-0.2, 0) is 11.2 Å². The number of aryl methyl sites for hydroxylation is 1. The minimum Gasteiger partial charge on any atom is -0.497 e. The quantitative estimate of drug-likeness (QED) is 0.468. The number of carbonyl (C=O) groups excluding carboxylic acids is 1. The molecule has 0 saturated carbocycles. The van der Waals surface area contributed by atoms with Gasteiger partial charge in [-0.1, -0.05) is 60.7 Å². The molecule has 0 radical (unpaired) electrons. The second-order valence-corrected chi connectivity index (χ2v) is 7.76. The smallest absolute Gasteiger partial charge is 0.225 e. The summed E-state index contributed by atoms with van der Waals surface area (Å²) >= 11 is 0. The minimum atomic E-state index is -0.0626. The molecule has 2 aromatic carbocycles. The van der Waals surface area contributed by atoms with Crippen molar-refractivity contribution in [3.05, 3.63) is 102 Å². The number of methoxy groups -OCH3 is 1. The Bertz CT molecular complexity index is 1180. The van der Waals surface area contributed by atoms with Crippen LogP contribution >= 0.6 is 0 Å². The highest BCUT2D eigenvalue weighted by molar-refractivity contribution is 5.93. The van der Waals surface area contributed by atoms with Crippen molar-refractivity contribution in [1.29, 1.82) is 0 Å². The van der Waals surface area contributed by atoms with Gasteiger partial charge in [0.2, 0.25) is 5.91 Å². The molecule has 0 atom stereocenters. The molecule has 1 N–H and O–H groups in total. The number of benzene rings is 2. The molecule has 3 aromatic rings. The summed E-state index contributed by atoms with van der Waals surface area (Å²) in [6, 6.07) is 17.9. The SMILES string of the molecule is COc1ccc(-c2cnc(NC(=O)CCCc3ccccc3)c(C3=CC=CCC=C3)n2)cc1. The van der Waals surface area contributed by atoms with Gasteiger partial charge in [0.1, 0.15) is 11.4 Å². The highest BCUT2D eigenvalue weighted by atomic mass is 16.5. The van der Waals surface area contributed by atoms with Gasteiger partial charge in [0.05, 0.1) is 19.0 Å². The Hall–Kier alpha value is -3.99. The van der Waals surface area contributed by atoms with Crippen molar-refractivity contribution in [2.45, 2.75) is 25.7 Å². The van der Waals surface area contributed by atoms with E-state index in [4.69, 9.17) is 9.72 Å². The number of ether oxygens (including phenoxy) is 1. The van der Waals surface area contributed by atoms with E-state index >= 15 is 0 Å². The number of hydrogen-bond acceptors (Lipinski definition) is 4. The summed E-state index contributed by atoms with van der Waals surface area (Å²) in [6.07, 6.45) is 14.8. The van der Waals surface area contributed by atoms with Gasteiger partial charge in [-0.2, -0.15) is 0 Å². The van der Waals surface area contributed by atoms with Crippen molar-refractivity contribution in [3.63, 3.8) is 0 Å². The van der Waals surface area contributed by atoms with Crippen LogP contribution in [0.15, 0.2) is 91.2 Å². The van der Waals surface area contributed by atoms with Crippen molar-refractivity contribution < 1.29 is 9.53 Å². The highest BCUT2D eigenvalue weighted by Gasteiger charge is 2.15. The number of carbonyl (C=O) groups is 1. The second-order valence-electron chi connectivity index (χ2n) is 7.76. The lowest BCUT2D eigenvalue weighted by atomic mass is 10.1. The first kappa shape index (κ1) is 22.2. The highest BCUT2D eigenvalue weighted by Crippen LogP contribution is 2.27. The first-order valence-corrected chi connectivity index (χ1v) is 11.1. The predicted octanol–water partition coefficient (Wildman–Crippen LogP) is 6.01. The van der Waals surface area contributed by atoms with Crippen LogP contribution in [0.1, 0.15) is 30.5 Å². The number of anilines is 1. The van der Waals surface area contributed by atoms with Gasteiger partial charge in [-0.05, 0) is 49.1 Å². The number of hydrogen-bond donors (Lipinski definition) is 1. The molecule has 4 rings (SSSR count). The monoisotopic (exact) mass is 437 g/mol. The van der Waals surface area contributed by atoms with Gasteiger partial charge in [0, 0.05) is 17.6 Å². The van der Waals surface area contributed by atoms with Crippen LogP contribution < -0.4 is 10.1 Å². The second kappa shape index (κ2) is 11.0. The van der Waals surface area contributed by atoms with Gasteiger partial charge in [0.15, 0.2) is 5.82 Å². The molecule has 5 nitrogen and oxygen atoms in total. The van der Waals surface area contributed by atoms with Gasteiger partial charge < -0.3 is 10.1 Å². The summed E-state index contributed by atoms with van der Waals surface area (Å²) in [5.41, 5.74) is 4.46. The van der Waals surface area contributed by atoms with Gasteiger partial charge in [-0.15, -0.1) is 0 Å². The normalized spacial score (nSPS) is 12.7. The van der Waals surface area contributed by atoms with E-state index in [2.05, 4.69) is 34.6 Å². The topological polar surface area (TPSA) is 64.1 Å². The number of nitrogens with zero attached hydrogens (tertiary/aromatic N) is 2. The summed E-state index contributed by atoms with van der Waals surface area (Å²) in [5, 5.41) is 2.98. The molecule has 0 bridgehead atoms. The fraction of sp³-hybridized carbons (Fsp3) is 0.179. The molecule has 5 heteroatoms. The summed E-state index contributed by atoms with van der Waals surface area (Å²) in [7, 11) is 1.64. The van der Waals surface area contributed by atoms with E-state index in [1.807, 2.05) is 60.7 Å². The van der Waals surface area contributed by atoms with E-state index in [1.54, 1.807) is 13.3 Å². The van der Waals surface area contributed by atoms with Gasteiger partial charge >= 0.3 is 0 Å². The number of rotatable bonds is 8. The van der Waals surface area contributed by atoms with Crippen molar-refractivity contribution in [3.8, 4) is 17.0 Å². The van der Waals surface area contributed by atoms with E-state index in [9.17, 15) is 4.79 Å². The first-order valence-electron chi connectivity index (χ1n) is 11.1. The summed E-state index contributed by atoms with van der Waals surface area (Å²) in [6.45, 7) is 0. The maximum absolute atomic E-state index is 12.7. The van der Waals surface area contributed by atoms with Crippen LogP contribution in [0.5, 0.6) is 5.75 Å². The molecule has 0 spiro atoms. The van der Waals surface area contributed by atoms with E-state index in [0.29, 0.717) is 17.9 Å². The zero-order valence-corrected chi connectivity index (χ0v) is 18.7. The van der Waals surface area contributed by atoms with Crippen molar-refractivity contribution in [2.75, 3.05) is 12.4 Å². The lowest BCUT2D eigenvalue weighted by Gasteiger charge is -2.12. The first-order chi connectivity index (χ1) is 16.2. The largest absolute Gasteiger partial charge is 0.497 e. The number of nitrogens with one attached hydrogen (secondary N) is 1. The van der Waals surface area contributed by atoms with Gasteiger partial charge in [0.25, 0.3) is 0 Å². The van der Waals surface area contributed by atoms with E-state index in [0.717, 1.165) is 41.8 Å². The van der Waals surface area contributed by atoms with Crippen LogP contribution in [0.25, 0.3) is 16.8 Å². The Morgan fingerprint density at radius 1 is 1.06 bits per heavy atom. The van der Waals surface area contributed by atoms with E-state index < -0.39 is 0 Å². The fourth-order valence-corrected chi connectivity index (χ4v) is 3.61. The average Bonchev–Trinajstić information content (AvgIpc) is 3.15. The third-order valence-corrected chi connectivity index (χ3v) is 5.38. The van der Waals surface area contributed by atoms with Crippen LogP contribution in [0.4, 0.5) is 5.82 Å². The van der Waals surface area contributed by atoms with Gasteiger partial charge in [-0.25, -0.2) is 9.97 Å². The molecular formula is C28H27N3O2. The standard InChI is InChI=1S/C28H27N3O2/c1-33-24-18-16-22(17-19-24)25-20-29-28(27(30-25)23-13-7-2-3-8-14-23)31-26(32)15-9-12-21-10-5-4-6-11-21/h2,4-8,10-11,13-14,16-20H,3,9,12,15H2,1H3,(H,29,31,32). The molecule has 0 fully saturated rings. The lowest BCUT2D eigenvalue weighted by Crippen LogP contribution is -2.15. The molecule has 1 aromatic heterocycles. The molecule has 166 valence electrons. The maximum Gasteiger partial charge on any atom is 0.225 e. The van der Waals surface area contributed by atoms with Gasteiger partial charge in [-0.3, -0.25) is 4.79 Å². The Morgan fingerprint density at radius 3 is 2.67 bits per heavy atom. The molecule has 1 heterocycles. The molecule has 1 aliphatic rings. The molecule has 1 aliphatic carbocycles. The Morgan fingerprint density at radius 2 is 1.88 bits per heavy atom. The Kier molecular flexibility index (Phi) is 7.44. The van der Waals surface area contributed by atoms with Crippen molar-refractivity contribution in [1.82, 2.24) is 9.97 Å². The third kappa shape index (κ3) is 6.04. The summed E-state index contributed by atoms with van der Waals surface area (Å²) < 4.78 is 5.25. The maximum atomic E-state index is 12.7. The van der Waals surface area contributed by atoms with Crippen molar-refractivity contribution >= 4 is 17.3 Å². The van der Waals surface area contributed by atoms with Crippen LogP contribution in [0, 0.1) is 0 Å². The number of allylic oxidation sites excluding steroid dienone is 6. The van der Waals surface area contributed by atoms with Crippen LogP contribution in [0.2, 0.25) is 0 Å². The van der Waals surface area contributed by atoms with Crippen LogP contribution in [0.3, 0.4) is 0 Å². The molecule has 33 heavy (non-hydrogen) atoms. The number of aromatic nitrogens is 2. The summed E-state index contributed by atoms with van der Waals surface area (Å²) in [4.78, 5) is 22.1. The Labute approximate surface area is 194 Å². The molecule has 0 unspecified atom stereocenters. The molecule has 1 amide bonds. The van der Waals surface area contributed by atoms with E-state index in [1.165, 1.54) is 5.56 Å². The lowest BCUT2D eigenvalue weighted by molar-refractivity contribution is -0.116. The van der Waals surface area contributed by atoms with Crippen molar-refractivity contribution in [2.24, 2.45) is 0 Å². The molecular weight excluding hydrogens is 410 g/mol. The number of amides is 1. The zero-order chi connectivity index (χ0) is 22.9. The fourth-order valence-electron chi connectivity index (χ4n) is 3.61.